The Kier molecular flexibility index (Phi) is 5.72. The highest BCUT2D eigenvalue weighted by atomic mass is 32.2. The number of imidazole rings is 1. The molecule has 0 saturated heterocycles. The van der Waals surface area contributed by atoms with Crippen molar-refractivity contribution in [3.63, 3.8) is 0 Å². The van der Waals surface area contributed by atoms with Crippen LogP contribution in [0, 0.1) is 0 Å². The summed E-state index contributed by atoms with van der Waals surface area (Å²) < 4.78 is 12.7. The van der Waals surface area contributed by atoms with Crippen LogP contribution in [-0.4, -0.2) is 56.2 Å². The van der Waals surface area contributed by atoms with Crippen molar-refractivity contribution in [3.8, 4) is 11.3 Å². The minimum atomic E-state index is -0.633. The van der Waals surface area contributed by atoms with Crippen LogP contribution in [0.15, 0.2) is 40.2 Å². The number of hydrogen-bond donors (Lipinski definition) is 1. The van der Waals surface area contributed by atoms with Gasteiger partial charge in [0.15, 0.2) is 11.4 Å². The molecule has 32 heavy (non-hydrogen) atoms. The molecule has 0 atom stereocenters. The number of furan rings is 1. The van der Waals surface area contributed by atoms with Crippen molar-refractivity contribution >= 4 is 35.0 Å². The van der Waals surface area contributed by atoms with Crippen molar-refractivity contribution in [3.05, 3.63) is 42.3 Å². The zero-order valence-corrected chi connectivity index (χ0v) is 19.2. The van der Waals surface area contributed by atoms with Gasteiger partial charge in [0.05, 0.1) is 24.1 Å². The van der Waals surface area contributed by atoms with Crippen LogP contribution in [0.25, 0.3) is 22.5 Å². The van der Waals surface area contributed by atoms with Crippen LogP contribution in [0.3, 0.4) is 0 Å². The van der Waals surface area contributed by atoms with Gasteiger partial charge in [0.1, 0.15) is 16.9 Å². The van der Waals surface area contributed by atoms with Gasteiger partial charge in [0, 0.05) is 18.3 Å². The monoisotopic (exact) mass is 455 g/mol. The molecular formula is C22H25N5O4S. The largest absolute Gasteiger partial charge is 0.458 e. The molecule has 168 valence electrons. The van der Waals surface area contributed by atoms with E-state index in [1.54, 1.807) is 17.2 Å². The molecule has 0 bridgehead atoms. The lowest BCUT2D eigenvalue weighted by atomic mass is 10.1. The molecule has 0 saturated carbocycles. The Labute approximate surface area is 189 Å². The van der Waals surface area contributed by atoms with Gasteiger partial charge >= 0.3 is 6.09 Å². The number of nitrogens with zero attached hydrogens (tertiary/aromatic N) is 4. The highest BCUT2D eigenvalue weighted by molar-refractivity contribution is 7.98. The zero-order chi connectivity index (χ0) is 23.0. The van der Waals surface area contributed by atoms with Crippen molar-refractivity contribution in [1.82, 2.24) is 19.3 Å². The Morgan fingerprint density at radius 3 is 2.75 bits per heavy atom. The summed E-state index contributed by atoms with van der Waals surface area (Å²) in [6, 6.07) is 1.59. The molecular weight excluding hydrogens is 430 g/mol. The highest BCUT2D eigenvalue weighted by Gasteiger charge is 2.26. The molecule has 0 unspecified atom stereocenters. The molecule has 3 aromatic rings. The number of amides is 2. The topological polar surface area (TPSA) is 116 Å². The van der Waals surface area contributed by atoms with Crippen LogP contribution in [-0.2, 0) is 4.74 Å². The number of aromatic nitrogens is 3. The molecule has 0 aromatic carbocycles. The van der Waals surface area contributed by atoms with E-state index >= 15 is 0 Å². The smallest absolute Gasteiger partial charge is 0.410 e. The predicted octanol–water partition coefficient (Wildman–Crippen LogP) is 3.83. The van der Waals surface area contributed by atoms with Gasteiger partial charge in [0.25, 0.3) is 5.91 Å². The van der Waals surface area contributed by atoms with E-state index in [1.807, 2.05) is 37.6 Å². The van der Waals surface area contributed by atoms with E-state index in [4.69, 9.17) is 19.9 Å². The van der Waals surface area contributed by atoms with E-state index in [1.165, 1.54) is 18.0 Å². The molecule has 0 spiro atoms. The van der Waals surface area contributed by atoms with Crippen LogP contribution in [0.5, 0.6) is 0 Å². The number of hydrogen-bond acceptors (Lipinski definition) is 7. The first-order valence-corrected chi connectivity index (χ1v) is 11.4. The third kappa shape index (κ3) is 4.36. The summed E-state index contributed by atoms with van der Waals surface area (Å²) in [5.74, 6) is -0.552. The average molecular weight is 456 g/mol. The summed E-state index contributed by atoms with van der Waals surface area (Å²) in [6.07, 6.45) is 9.48. The van der Waals surface area contributed by atoms with Crippen molar-refractivity contribution in [2.24, 2.45) is 5.73 Å². The summed E-state index contributed by atoms with van der Waals surface area (Å²) in [5, 5.41) is 0.752. The normalized spacial score (nSPS) is 14.5. The number of carbonyl (C=O) groups is 2. The fraction of sp³-hybridized carbons (Fsp3) is 0.364. The number of carbonyl (C=O) groups excluding carboxylic acids is 2. The summed E-state index contributed by atoms with van der Waals surface area (Å²) in [4.78, 5) is 35.0. The molecule has 10 heteroatoms. The molecule has 2 amide bonds. The second-order valence-corrected chi connectivity index (χ2v) is 9.25. The van der Waals surface area contributed by atoms with Crippen LogP contribution in [0.2, 0.25) is 0 Å². The third-order valence-electron chi connectivity index (χ3n) is 4.92. The Hall–Kier alpha value is -3.27. The summed E-state index contributed by atoms with van der Waals surface area (Å²) >= 11 is 1.49. The number of fused-ring (bicyclic) bond motifs is 1. The second kappa shape index (κ2) is 8.34. The number of rotatable bonds is 4. The van der Waals surface area contributed by atoms with Crippen molar-refractivity contribution in [2.45, 2.75) is 37.8 Å². The fourth-order valence-corrected chi connectivity index (χ4v) is 4.00. The molecule has 1 aliphatic rings. The molecule has 4 rings (SSSR count). The maximum Gasteiger partial charge on any atom is 0.410 e. The van der Waals surface area contributed by atoms with Crippen LogP contribution in [0.4, 0.5) is 4.79 Å². The molecule has 0 aliphatic carbocycles. The van der Waals surface area contributed by atoms with Gasteiger partial charge in [-0.05, 0) is 45.1 Å². The molecule has 3 aromatic heterocycles. The summed E-state index contributed by atoms with van der Waals surface area (Å²) in [7, 11) is 0. The van der Waals surface area contributed by atoms with Gasteiger partial charge in [-0.15, -0.1) is 11.8 Å². The zero-order valence-electron chi connectivity index (χ0n) is 18.4. The van der Waals surface area contributed by atoms with Crippen LogP contribution >= 0.6 is 11.8 Å². The highest BCUT2D eigenvalue weighted by Crippen LogP contribution is 2.30. The van der Waals surface area contributed by atoms with Crippen molar-refractivity contribution in [2.75, 3.05) is 19.3 Å². The lowest BCUT2D eigenvalue weighted by molar-refractivity contribution is 0.0273. The summed E-state index contributed by atoms with van der Waals surface area (Å²) in [5.41, 5.74) is 8.56. The average Bonchev–Trinajstić information content (AvgIpc) is 3.39. The second-order valence-electron chi connectivity index (χ2n) is 8.46. The van der Waals surface area contributed by atoms with E-state index < -0.39 is 11.5 Å². The minimum absolute atomic E-state index is 0.0808. The maximum absolute atomic E-state index is 12.6. The maximum atomic E-state index is 12.6. The molecule has 9 nitrogen and oxygen atoms in total. The standard InChI is InChI=1S/C22H25N5O4S/c1-22(2,3)31-21(29)26-7-5-6-13(10-26)15-11-27-16(9-24-19(27)20(25-15)32-4)14-8-17(18(23)28)30-12-14/h6,8-9,11-12H,5,7,10H2,1-4H3,(H2,23,28). The van der Waals surface area contributed by atoms with Gasteiger partial charge in [-0.2, -0.15) is 0 Å². The van der Waals surface area contributed by atoms with E-state index in [0.717, 1.165) is 22.0 Å². The first kappa shape index (κ1) is 21.9. The summed E-state index contributed by atoms with van der Waals surface area (Å²) in [6.45, 7) is 6.56. The van der Waals surface area contributed by atoms with Gasteiger partial charge in [-0.3, -0.25) is 9.20 Å². The first-order chi connectivity index (χ1) is 15.2. The quantitative estimate of drug-likeness (QED) is 0.594. The number of ether oxygens (including phenoxy) is 1. The van der Waals surface area contributed by atoms with Crippen molar-refractivity contribution in [1.29, 1.82) is 0 Å². The lowest BCUT2D eigenvalue weighted by Gasteiger charge is -2.30. The Morgan fingerprint density at radius 2 is 2.09 bits per heavy atom. The number of nitrogens with two attached hydrogens (primary N) is 1. The fourth-order valence-electron chi connectivity index (χ4n) is 3.48. The van der Waals surface area contributed by atoms with Gasteiger partial charge in [-0.1, -0.05) is 6.08 Å². The molecule has 0 radical (unpaired) electrons. The number of thioether (sulfide) groups is 1. The molecule has 0 fully saturated rings. The lowest BCUT2D eigenvalue weighted by Crippen LogP contribution is -2.39. The van der Waals surface area contributed by atoms with E-state index in [-0.39, 0.29) is 11.9 Å². The predicted molar refractivity (Wildman–Crippen MR) is 121 cm³/mol. The molecule has 2 N–H and O–H groups in total. The van der Waals surface area contributed by atoms with Crippen LogP contribution < -0.4 is 5.73 Å². The van der Waals surface area contributed by atoms with E-state index in [0.29, 0.717) is 30.7 Å². The van der Waals surface area contributed by atoms with E-state index in [2.05, 4.69) is 11.1 Å². The third-order valence-corrected chi connectivity index (χ3v) is 5.59. The molecule has 1 aliphatic heterocycles. The van der Waals surface area contributed by atoms with E-state index in [9.17, 15) is 9.59 Å². The first-order valence-electron chi connectivity index (χ1n) is 10.1. The van der Waals surface area contributed by atoms with Gasteiger partial charge < -0.3 is 19.8 Å². The SMILES string of the molecule is CSc1nc(C2=CCCN(C(=O)OC(C)(C)C)C2)cn2c(-c3coc(C(N)=O)c3)cnc12. The Balaban J connectivity index is 1.71. The molecule has 4 heterocycles. The number of primary amides is 1. The van der Waals surface area contributed by atoms with Gasteiger partial charge in [0.2, 0.25) is 0 Å². The van der Waals surface area contributed by atoms with Gasteiger partial charge in [-0.25, -0.2) is 14.8 Å². The minimum Gasteiger partial charge on any atom is -0.458 e. The van der Waals surface area contributed by atoms with Crippen LogP contribution in [0.1, 0.15) is 43.4 Å². The van der Waals surface area contributed by atoms with Crippen molar-refractivity contribution < 1.29 is 18.7 Å². The Bertz CT molecular complexity index is 1220. The Morgan fingerprint density at radius 1 is 1.31 bits per heavy atom.